The Labute approximate surface area is 190 Å². The fraction of sp³-hybridized carbons (Fsp3) is 0.261. The predicted molar refractivity (Wildman–Crippen MR) is 126 cm³/mol. The molecule has 2 aromatic carbocycles. The fourth-order valence-electron chi connectivity index (χ4n) is 2.89. The van der Waals surface area contributed by atoms with E-state index in [1.165, 1.54) is 11.8 Å². The summed E-state index contributed by atoms with van der Waals surface area (Å²) in [5, 5.41) is 9.75. The molecule has 2 aromatic rings. The van der Waals surface area contributed by atoms with Crippen LogP contribution in [0.3, 0.4) is 0 Å². The lowest BCUT2D eigenvalue weighted by molar-refractivity contribution is -0.123. The Bertz CT molecular complexity index is 1050. The van der Waals surface area contributed by atoms with Crippen LogP contribution in [0.5, 0.6) is 5.75 Å². The second kappa shape index (κ2) is 10.6. The van der Waals surface area contributed by atoms with Crippen LogP contribution in [0, 0.1) is 6.92 Å². The number of rotatable bonds is 8. The smallest absolute Gasteiger partial charge is 0.271 e. The van der Waals surface area contributed by atoms with E-state index < -0.39 is 12.4 Å². The summed E-state index contributed by atoms with van der Waals surface area (Å²) in [4.78, 5) is 31.3. The molecule has 1 heterocycles. The summed E-state index contributed by atoms with van der Waals surface area (Å²) in [6, 6.07) is 12.8. The maximum absolute atomic E-state index is 13.2. The maximum Gasteiger partial charge on any atom is 0.271 e. The molecule has 31 heavy (non-hydrogen) atoms. The van der Waals surface area contributed by atoms with E-state index in [0.717, 1.165) is 23.2 Å². The standard InChI is InChI=1S/C23H23ClN2O4S/c1-3-10-25-23-26(19-7-5-4-6-15(19)2)22(29)21(31-23)12-16-8-9-20(18(24)11-16)30-14-17(28)13-27/h4-9,11-12,27H,3,10,13-14H2,1-2H3/b21-12-,25-23-. The van der Waals surface area contributed by atoms with Gasteiger partial charge in [0.05, 0.1) is 15.6 Å². The van der Waals surface area contributed by atoms with Gasteiger partial charge in [-0.25, -0.2) is 0 Å². The highest BCUT2D eigenvalue weighted by atomic mass is 35.5. The van der Waals surface area contributed by atoms with Gasteiger partial charge in [-0.2, -0.15) is 0 Å². The van der Waals surface area contributed by atoms with Gasteiger partial charge in [0, 0.05) is 6.54 Å². The third-order valence-electron chi connectivity index (χ3n) is 4.45. The van der Waals surface area contributed by atoms with Crippen molar-refractivity contribution in [1.29, 1.82) is 0 Å². The number of nitrogens with zero attached hydrogens (tertiary/aromatic N) is 2. The topological polar surface area (TPSA) is 79.2 Å². The summed E-state index contributed by atoms with van der Waals surface area (Å²) in [7, 11) is 0. The number of aliphatic hydroxyl groups is 1. The molecule has 6 nitrogen and oxygen atoms in total. The quantitative estimate of drug-likeness (QED) is 0.590. The third kappa shape index (κ3) is 5.55. The highest BCUT2D eigenvalue weighted by molar-refractivity contribution is 8.19. The normalized spacial score (nSPS) is 16.4. The SMILES string of the molecule is CCC/N=C1\S/C(=C\c2ccc(OCC(=O)CO)c(Cl)c2)C(=O)N1c1ccccc1C. The minimum absolute atomic E-state index is 0.140. The zero-order valence-corrected chi connectivity index (χ0v) is 18.9. The lowest BCUT2D eigenvalue weighted by Crippen LogP contribution is -2.29. The number of amidine groups is 1. The van der Waals surface area contributed by atoms with Crippen LogP contribution in [-0.2, 0) is 9.59 Å². The van der Waals surface area contributed by atoms with Crippen molar-refractivity contribution in [2.75, 3.05) is 24.7 Å². The van der Waals surface area contributed by atoms with E-state index >= 15 is 0 Å². The van der Waals surface area contributed by atoms with Crippen LogP contribution in [0.1, 0.15) is 24.5 Å². The van der Waals surface area contributed by atoms with Gasteiger partial charge >= 0.3 is 0 Å². The molecular weight excluding hydrogens is 436 g/mol. The van der Waals surface area contributed by atoms with Crippen molar-refractivity contribution < 1.29 is 19.4 Å². The third-order valence-corrected chi connectivity index (χ3v) is 5.75. The van der Waals surface area contributed by atoms with Gasteiger partial charge in [0.1, 0.15) is 19.0 Å². The molecule has 0 unspecified atom stereocenters. The van der Waals surface area contributed by atoms with Crippen LogP contribution >= 0.6 is 23.4 Å². The van der Waals surface area contributed by atoms with Crippen molar-refractivity contribution in [3.8, 4) is 5.75 Å². The van der Waals surface area contributed by atoms with Crippen molar-refractivity contribution in [2.45, 2.75) is 20.3 Å². The zero-order valence-electron chi connectivity index (χ0n) is 17.3. The Morgan fingerprint density at radius 3 is 2.74 bits per heavy atom. The first-order valence-electron chi connectivity index (χ1n) is 9.83. The van der Waals surface area contributed by atoms with Crippen LogP contribution in [0.2, 0.25) is 5.02 Å². The molecule has 0 aliphatic carbocycles. The van der Waals surface area contributed by atoms with Gasteiger partial charge < -0.3 is 9.84 Å². The Morgan fingerprint density at radius 1 is 1.29 bits per heavy atom. The number of ether oxygens (including phenoxy) is 1. The predicted octanol–water partition coefficient (Wildman–Crippen LogP) is 4.48. The molecule has 1 aliphatic heterocycles. The molecule has 162 valence electrons. The van der Waals surface area contributed by atoms with Crippen LogP contribution < -0.4 is 9.64 Å². The monoisotopic (exact) mass is 458 g/mol. The maximum atomic E-state index is 13.2. The van der Waals surface area contributed by atoms with Crippen molar-refractivity contribution in [1.82, 2.24) is 0 Å². The molecule has 0 spiro atoms. The lowest BCUT2D eigenvalue weighted by Gasteiger charge is -2.17. The molecule has 1 saturated heterocycles. The first-order valence-corrected chi connectivity index (χ1v) is 11.0. The van der Waals surface area contributed by atoms with Crippen LogP contribution in [0.15, 0.2) is 52.4 Å². The molecule has 1 fully saturated rings. The number of benzene rings is 2. The number of halogens is 1. The Kier molecular flexibility index (Phi) is 7.90. The van der Waals surface area contributed by atoms with E-state index in [1.54, 1.807) is 29.2 Å². The van der Waals surface area contributed by atoms with Crippen LogP contribution in [0.25, 0.3) is 6.08 Å². The van der Waals surface area contributed by atoms with Crippen molar-refractivity contribution >= 4 is 52.0 Å². The summed E-state index contributed by atoms with van der Waals surface area (Å²) in [5.41, 5.74) is 2.53. The summed E-state index contributed by atoms with van der Waals surface area (Å²) < 4.78 is 5.32. The minimum Gasteiger partial charge on any atom is -0.484 e. The van der Waals surface area contributed by atoms with E-state index in [2.05, 4.69) is 4.99 Å². The van der Waals surface area contributed by atoms with Gasteiger partial charge in [-0.05, 0) is 60.5 Å². The van der Waals surface area contributed by atoms with Gasteiger partial charge in [0.15, 0.2) is 11.0 Å². The number of aryl methyl sites for hydroxylation is 1. The molecular formula is C23H23ClN2O4S. The average molecular weight is 459 g/mol. The van der Waals surface area contributed by atoms with Crippen molar-refractivity contribution in [3.63, 3.8) is 0 Å². The van der Waals surface area contributed by atoms with Crippen molar-refractivity contribution in [2.24, 2.45) is 4.99 Å². The molecule has 0 saturated carbocycles. The number of aliphatic imine (C=N–C) groups is 1. The number of carbonyl (C=O) groups is 2. The molecule has 3 rings (SSSR count). The number of aliphatic hydroxyl groups excluding tert-OH is 1. The van der Waals surface area contributed by atoms with E-state index in [1.807, 2.05) is 38.1 Å². The summed E-state index contributed by atoms with van der Waals surface area (Å²) in [6.07, 6.45) is 2.65. The number of para-hydroxylation sites is 1. The number of thioether (sulfide) groups is 1. The van der Waals surface area contributed by atoms with E-state index in [9.17, 15) is 9.59 Å². The van der Waals surface area contributed by atoms with E-state index in [0.29, 0.717) is 27.4 Å². The summed E-state index contributed by atoms with van der Waals surface area (Å²) in [5.74, 6) is -0.243. The van der Waals surface area contributed by atoms with Crippen LogP contribution in [-0.4, -0.2) is 41.7 Å². The lowest BCUT2D eigenvalue weighted by atomic mass is 10.1. The summed E-state index contributed by atoms with van der Waals surface area (Å²) in [6.45, 7) is 3.80. The average Bonchev–Trinajstić information content (AvgIpc) is 3.06. The summed E-state index contributed by atoms with van der Waals surface area (Å²) >= 11 is 7.60. The molecule has 0 aromatic heterocycles. The zero-order chi connectivity index (χ0) is 22.4. The highest BCUT2D eigenvalue weighted by Crippen LogP contribution is 2.38. The Balaban J connectivity index is 1.88. The largest absolute Gasteiger partial charge is 0.484 e. The second-order valence-corrected chi connectivity index (χ2v) is 8.29. The van der Waals surface area contributed by atoms with Crippen LogP contribution in [0.4, 0.5) is 5.69 Å². The molecule has 0 bridgehead atoms. The number of anilines is 1. The number of hydrogen-bond acceptors (Lipinski definition) is 6. The number of ketones is 1. The first kappa shape index (κ1) is 23.1. The first-order chi connectivity index (χ1) is 14.9. The molecule has 0 radical (unpaired) electrons. The van der Waals surface area contributed by atoms with E-state index in [4.69, 9.17) is 21.4 Å². The molecule has 1 N–H and O–H groups in total. The fourth-order valence-corrected chi connectivity index (χ4v) is 4.13. The van der Waals surface area contributed by atoms with Gasteiger partial charge in [0.2, 0.25) is 0 Å². The number of carbonyl (C=O) groups excluding carboxylic acids is 2. The van der Waals surface area contributed by atoms with E-state index in [-0.39, 0.29) is 12.5 Å². The number of hydrogen-bond donors (Lipinski definition) is 1. The Morgan fingerprint density at radius 2 is 2.06 bits per heavy atom. The molecule has 0 atom stereocenters. The number of amides is 1. The second-order valence-electron chi connectivity index (χ2n) is 6.88. The molecule has 8 heteroatoms. The van der Waals surface area contributed by atoms with Gasteiger partial charge in [0.25, 0.3) is 5.91 Å². The minimum atomic E-state index is -0.583. The van der Waals surface area contributed by atoms with Gasteiger partial charge in [-0.3, -0.25) is 19.5 Å². The van der Waals surface area contributed by atoms with Crippen molar-refractivity contribution in [3.05, 3.63) is 63.5 Å². The molecule has 1 amide bonds. The number of Topliss-reactive ketones (excluding diaryl/α,β-unsaturated/α-hetero) is 1. The molecule has 1 aliphatic rings. The van der Waals surface area contributed by atoms with Gasteiger partial charge in [-0.1, -0.05) is 42.8 Å². The Hall–Kier alpha value is -2.61. The highest BCUT2D eigenvalue weighted by Gasteiger charge is 2.35. The van der Waals surface area contributed by atoms with Gasteiger partial charge in [-0.15, -0.1) is 0 Å².